The summed E-state index contributed by atoms with van der Waals surface area (Å²) in [4.78, 5) is 15.0. The van der Waals surface area contributed by atoms with Gasteiger partial charge in [-0.05, 0) is 37.1 Å². The molecule has 6 nitrogen and oxygen atoms in total. The number of aromatic nitrogens is 2. The second-order valence-electron chi connectivity index (χ2n) is 4.93. The largest absolute Gasteiger partial charge is 0.455 e. The first-order valence-corrected chi connectivity index (χ1v) is 6.97. The minimum absolute atomic E-state index is 0.347. The van der Waals surface area contributed by atoms with Gasteiger partial charge in [0.15, 0.2) is 0 Å². The summed E-state index contributed by atoms with van der Waals surface area (Å²) >= 11 is 0. The summed E-state index contributed by atoms with van der Waals surface area (Å²) in [7, 11) is 0. The number of carbonyl (C=O) groups is 1. The fourth-order valence-electron chi connectivity index (χ4n) is 1.88. The normalized spacial score (nSPS) is 12.8. The first kappa shape index (κ1) is 17.7. The van der Waals surface area contributed by atoms with Crippen LogP contribution < -0.4 is 10.6 Å². The van der Waals surface area contributed by atoms with E-state index >= 15 is 0 Å². The Labute approximate surface area is 134 Å². The van der Waals surface area contributed by atoms with Gasteiger partial charge in [0.25, 0.3) is 5.82 Å². The molecule has 0 bridgehead atoms. The molecule has 0 aliphatic heterocycles. The van der Waals surface area contributed by atoms with E-state index in [0.29, 0.717) is 17.7 Å². The number of hydrogen-bond donors (Lipinski definition) is 2. The second-order valence-corrected chi connectivity index (χ2v) is 4.93. The summed E-state index contributed by atoms with van der Waals surface area (Å²) in [5.41, 5.74) is 0.770. The minimum Gasteiger partial charge on any atom is -0.337 e. The molecule has 10 heteroatoms. The highest BCUT2D eigenvalue weighted by Crippen LogP contribution is 2.27. The molecule has 1 unspecified atom stereocenters. The molecule has 130 valence electrons. The lowest BCUT2D eigenvalue weighted by atomic mass is 10.1. The van der Waals surface area contributed by atoms with Gasteiger partial charge in [0.1, 0.15) is 11.9 Å². The van der Waals surface area contributed by atoms with Crippen molar-refractivity contribution in [1.82, 2.24) is 15.5 Å². The summed E-state index contributed by atoms with van der Waals surface area (Å²) in [5, 5.41) is 7.61. The monoisotopic (exact) mass is 346 g/mol. The van der Waals surface area contributed by atoms with Gasteiger partial charge in [-0.2, -0.15) is 18.2 Å². The number of amides is 2. The third-order valence-electron chi connectivity index (χ3n) is 3.10. The van der Waals surface area contributed by atoms with Crippen LogP contribution in [0.3, 0.4) is 0 Å². The molecule has 0 fully saturated rings. The average Bonchev–Trinajstić information content (AvgIpc) is 2.99. The highest BCUT2D eigenvalue weighted by molar-refractivity contribution is 5.89. The van der Waals surface area contributed by atoms with Gasteiger partial charge in [-0.1, -0.05) is 12.1 Å². The van der Waals surface area contributed by atoms with E-state index in [2.05, 4.69) is 25.3 Å². The van der Waals surface area contributed by atoms with Crippen molar-refractivity contribution < 1.29 is 26.9 Å². The number of nitrogens with zero attached hydrogens (tertiary/aromatic N) is 2. The number of alkyl halides is 3. The third-order valence-corrected chi connectivity index (χ3v) is 3.10. The van der Waals surface area contributed by atoms with Crippen LogP contribution in [0, 0.1) is 5.82 Å². The van der Waals surface area contributed by atoms with E-state index in [1.807, 2.05) is 0 Å². The van der Waals surface area contributed by atoms with Gasteiger partial charge in [-0.25, -0.2) is 9.18 Å². The van der Waals surface area contributed by atoms with Gasteiger partial charge in [0.05, 0.1) is 0 Å². The second kappa shape index (κ2) is 6.85. The molecule has 0 aliphatic rings. The number of halogens is 4. The van der Waals surface area contributed by atoms with Crippen molar-refractivity contribution >= 4 is 11.7 Å². The van der Waals surface area contributed by atoms with E-state index in [4.69, 9.17) is 0 Å². The lowest BCUT2D eigenvalue weighted by Crippen LogP contribution is -2.31. The van der Waals surface area contributed by atoms with E-state index in [-0.39, 0.29) is 11.7 Å². The van der Waals surface area contributed by atoms with Crippen LogP contribution in [0.1, 0.15) is 37.2 Å². The van der Waals surface area contributed by atoms with Crippen molar-refractivity contribution in [3.8, 4) is 0 Å². The summed E-state index contributed by atoms with van der Waals surface area (Å²) < 4.78 is 55.1. The van der Waals surface area contributed by atoms with Gasteiger partial charge >= 0.3 is 12.2 Å². The molecule has 24 heavy (non-hydrogen) atoms. The van der Waals surface area contributed by atoms with Crippen molar-refractivity contribution in [1.29, 1.82) is 0 Å². The van der Waals surface area contributed by atoms with Crippen LogP contribution in [0.2, 0.25) is 0 Å². The maximum Gasteiger partial charge on any atom is 0.455 e. The van der Waals surface area contributed by atoms with Gasteiger partial charge < -0.3 is 15.2 Å². The number of anilines is 1. The Balaban J connectivity index is 2.00. The van der Waals surface area contributed by atoms with Crippen molar-refractivity contribution in [2.75, 3.05) is 5.32 Å². The average molecular weight is 346 g/mol. The smallest absolute Gasteiger partial charge is 0.337 e. The molecule has 0 saturated heterocycles. The number of hydrogen-bond acceptors (Lipinski definition) is 4. The van der Waals surface area contributed by atoms with Gasteiger partial charge in [0, 0.05) is 5.69 Å². The van der Waals surface area contributed by atoms with Crippen molar-refractivity contribution in [3.05, 3.63) is 41.3 Å². The molecule has 2 aromatic rings. The number of urea groups is 1. The van der Waals surface area contributed by atoms with Crippen LogP contribution in [0.5, 0.6) is 0 Å². The lowest BCUT2D eigenvalue weighted by molar-refractivity contribution is -0.146. The number of nitrogens with one attached hydrogen (secondary N) is 2. The zero-order valence-corrected chi connectivity index (χ0v) is 12.7. The van der Waals surface area contributed by atoms with Crippen molar-refractivity contribution in [2.24, 2.45) is 0 Å². The van der Waals surface area contributed by atoms with Crippen LogP contribution in [0.15, 0.2) is 22.7 Å². The number of rotatable bonds is 4. The predicted octanol–water partition coefficient (Wildman–Crippen LogP) is 3.67. The van der Waals surface area contributed by atoms with Crippen molar-refractivity contribution in [3.63, 3.8) is 0 Å². The van der Waals surface area contributed by atoms with Gasteiger partial charge in [-0.15, -0.1) is 0 Å². The molecule has 0 spiro atoms. The Morgan fingerprint density at radius 2 is 2.08 bits per heavy atom. The SMILES string of the molecule is CCc1cc(NC(=O)NC(C)c2nc(C(F)(F)F)no2)ccc1F. The highest BCUT2D eigenvalue weighted by Gasteiger charge is 2.37. The van der Waals surface area contributed by atoms with Gasteiger partial charge in [0.2, 0.25) is 5.89 Å². The zero-order valence-electron chi connectivity index (χ0n) is 12.7. The fourth-order valence-corrected chi connectivity index (χ4v) is 1.88. The Kier molecular flexibility index (Phi) is 5.05. The molecular formula is C14H14F4N4O2. The third kappa shape index (κ3) is 4.21. The van der Waals surface area contributed by atoms with Gasteiger partial charge in [-0.3, -0.25) is 0 Å². The molecule has 1 atom stereocenters. The van der Waals surface area contributed by atoms with E-state index in [0.717, 1.165) is 0 Å². The van der Waals surface area contributed by atoms with E-state index < -0.39 is 24.1 Å². The number of carbonyl (C=O) groups excluding carboxylic acids is 1. The fraction of sp³-hybridized carbons (Fsp3) is 0.357. The van der Waals surface area contributed by atoms with Crippen LogP contribution >= 0.6 is 0 Å². The molecule has 1 aromatic carbocycles. The van der Waals surface area contributed by atoms with Crippen LogP contribution in [-0.4, -0.2) is 16.2 Å². The van der Waals surface area contributed by atoms with E-state index in [1.54, 1.807) is 6.92 Å². The zero-order chi connectivity index (χ0) is 17.9. The summed E-state index contributed by atoms with van der Waals surface area (Å²) in [6.45, 7) is 3.15. The Hall–Kier alpha value is -2.65. The summed E-state index contributed by atoms with van der Waals surface area (Å²) in [5.74, 6) is -2.19. The Morgan fingerprint density at radius 3 is 2.67 bits per heavy atom. The molecule has 1 heterocycles. The molecule has 2 N–H and O–H groups in total. The number of aryl methyl sites for hydroxylation is 1. The van der Waals surface area contributed by atoms with Crippen LogP contribution in [-0.2, 0) is 12.6 Å². The summed E-state index contributed by atoms with van der Waals surface area (Å²) in [6.07, 6.45) is -4.28. The highest BCUT2D eigenvalue weighted by atomic mass is 19.4. The molecule has 2 rings (SSSR count). The standard InChI is InChI=1S/C14H14F4N4O2/c1-3-8-6-9(4-5-10(8)15)20-13(23)19-7(2)11-21-12(22-24-11)14(16,17)18/h4-7H,3H2,1-2H3,(H2,19,20,23). The maximum atomic E-state index is 13.4. The summed E-state index contributed by atoms with van der Waals surface area (Å²) in [6, 6.07) is 2.40. The van der Waals surface area contributed by atoms with E-state index in [1.165, 1.54) is 25.1 Å². The predicted molar refractivity (Wildman–Crippen MR) is 75.6 cm³/mol. The molecular weight excluding hydrogens is 332 g/mol. The first-order valence-electron chi connectivity index (χ1n) is 6.97. The topological polar surface area (TPSA) is 80.0 Å². The Bertz CT molecular complexity index is 730. The lowest BCUT2D eigenvalue weighted by Gasteiger charge is -2.12. The minimum atomic E-state index is -4.73. The molecule has 0 radical (unpaired) electrons. The van der Waals surface area contributed by atoms with Crippen LogP contribution in [0.4, 0.5) is 28.0 Å². The first-order chi connectivity index (χ1) is 11.2. The number of benzene rings is 1. The van der Waals surface area contributed by atoms with Crippen molar-refractivity contribution in [2.45, 2.75) is 32.5 Å². The van der Waals surface area contributed by atoms with E-state index in [9.17, 15) is 22.4 Å². The maximum absolute atomic E-state index is 13.4. The van der Waals surface area contributed by atoms with Crippen LogP contribution in [0.25, 0.3) is 0 Å². The Morgan fingerprint density at radius 1 is 1.38 bits per heavy atom. The molecule has 1 aromatic heterocycles. The molecule has 2 amide bonds. The quantitative estimate of drug-likeness (QED) is 0.828. The molecule has 0 saturated carbocycles. The molecule has 0 aliphatic carbocycles.